The molecule has 1 aromatic rings. The van der Waals surface area contributed by atoms with E-state index in [1.165, 1.54) is 0 Å². The summed E-state index contributed by atoms with van der Waals surface area (Å²) in [5.74, 6) is -0.615. The number of hydrogen-bond acceptors (Lipinski definition) is 2. The maximum absolute atomic E-state index is 12.5. The molecule has 7 heteroatoms. The van der Waals surface area contributed by atoms with Crippen LogP contribution in [0.3, 0.4) is 0 Å². The third-order valence-corrected chi connectivity index (χ3v) is 3.27. The highest BCUT2D eigenvalue weighted by Gasteiger charge is 2.50. The standard InChI is InChI=1S/C12H8ClF3N2O/c13-8-2-1-7(12(14,15)16)5-9(8)18-10(19)11(6-17)3-4-11/h1-2,5H,3-4H2,(H,18,19). The van der Waals surface area contributed by atoms with Crippen LogP contribution in [-0.4, -0.2) is 5.91 Å². The van der Waals surface area contributed by atoms with Crippen molar-refractivity contribution in [3.8, 4) is 6.07 Å². The average Bonchev–Trinajstić information content (AvgIpc) is 3.11. The third-order valence-electron chi connectivity index (χ3n) is 2.94. The number of nitrogens with zero attached hydrogens (tertiary/aromatic N) is 1. The van der Waals surface area contributed by atoms with Gasteiger partial charge in [0.05, 0.1) is 22.3 Å². The Bertz CT molecular complexity index is 573. The molecule has 0 saturated heterocycles. The zero-order valence-electron chi connectivity index (χ0n) is 9.51. The first-order valence-corrected chi connectivity index (χ1v) is 5.76. The maximum atomic E-state index is 12.5. The number of carbonyl (C=O) groups is 1. The largest absolute Gasteiger partial charge is 0.416 e. The van der Waals surface area contributed by atoms with E-state index in [-0.39, 0.29) is 10.7 Å². The van der Waals surface area contributed by atoms with Gasteiger partial charge in [-0.3, -0.25) is 4.79 Å². The molecular formula is C12H8ClF3N2O. The molecule has 1 amide bonds. The number of alkyl halides is 3. The molecule has 100 valence electrons. The predicted octanol–water partition coefficient (Wildman–Crippen LogP) is 3.60. The molecule has 1 saturated carbocycles. The average molecular weight is 289 g/mol. The molecule has 0 heterocycles. The number of benzene rings is 1. The summed E-state index contributed by atoms with van der Waals surface area (Å²) < 4.78 is 37.6. The van der Waals surface area contributed by atoms with E-state index < -0.39 is 23.1 Å². The molecule has 1 N–H and O–H groups in total. The predicted molar refractivity (Wildman–Crippen MR) is 62.4 cm³/mol. The van der Waals surface area contributed by atoms with Gasteiger partial charge in [0.1, 0.15) is 5.41 Å². The summed E-state index contributed by atoms with van der Waals surface area (Å²) in [5.41, 5.74) is -2.16. The molecule has 0 radical (unpaired) electrons. The summed E-state index contributed by atoms with van der Waals surface area (Å²) >= 11 is 5.74. The van der Waals surface area contributed by atoms with Crippen LogP contribution in [0.2, 0.25) is 5.02 Å². The molecule has 0 aromatic heterocycles. The van der Waals surface area contributed by atoms with E-state index in [1.54, 1.807) is 0 Å². The molecule has 1 fully saturated rings. The lowest BCUT2D eigenvalue weighted by Crippen LogP contribution is -2.23. The highest BCUT2D eigenvalue weighted by molar-refractivity contribution is 6.33. The third kappa shape index (κ3) is 2.66. The van der Waals surface area contributed by atoms with Crippen molar-refractivity contribution in [1.82, 2.24) is 0 Å². The number of halogens is 4. The van der Waals surface area contributed by atoms with Crippen LogP contribution in [0.1, 0.15) is 18.4 Å². The minimum Gasteiger partial charge on any atom is -0.323 e. The summed E-state index contributed by atoms with van der Waals surface area (Å²) in [6.07, 6.45) is -3.70. The summed E-state index contributed by atoms with van der Waals surface area (Å²) in [6.45, 7) is 0. The zero-order valence-corrected chi connectivity index (χ0v) is 10.3. The fourth-order valence-electron chi connectivity index (χ4n) is 1.55. The topological polar surface area (TPSA) is 52.9 Å². The number of anilines is 1. The van der Waals surface area contributed by atoms with Crippen molar-refractivity contribution in [2.75, 3.05) is 5.32 Å². The number of nitriles is 1. The number of carbonyl (C=O) groups excluding carboxylic acids is 1. The Labute approximate surface area is 112 Å². The first kappa shape index (κ1) is 13.7. The van der Waals surface area contributed by atoms with Crippen LogP contribution >= 0.6 is 11.6 Å². The molecule has 0 aliphatic heterocycles. The van der Waals surface area contributed by atoms with Crippen LogP contribution in [-0.2, 0) is 11.0 Å². The van der Waals surface area contributed by atoms with Crippen molar-refractivity contribution >= 4 is 23.2 Å². The van der Waals surface area contributed by atoms with Crippen LogP contribution in [0.4, 0.5) is 18.9 Å². The maximum Gasteiger partial charge on any atom is 0.416 e. The highest BCUT2D eigenvalue weighted by atomic mass is 35.5. The lowest BCUT2D eigenvalue weighted by atomic mass is 10.1. The van der Waals surface area contributed by atoms with E-state index in [0.29, 0.717) is 12.8 Å². The van der Waals surface area contributed by atoms with Crippen LogP contribution in [0.5, 0.6) is 0 Å². The van der Waals surface area contributed by atoms with Crippen LogP contribution < -0.4 is 5.32 Å². The van der Waals surface area contributed by atoms with Gasteiger partial charge in [-0.1, -0.05) is 11.6 Å². The molecule has 2 rings (SSSR count). The summed E-state index contributed by atoms with van der Waals surface area (Å²) in [5, 5.41) is 11.1. The molecule has 1 aromatic carbocycles. The van der Waals surface area contributed by atoms with E-state index >= 15 is 0 Å². The van der Waals surface area contributed by atoms with Gasteiger partial charge >= 0.3 is 6.18 Å². The van der Waals surface area contributed by atoms with Crippen molar-refractivity contribution in [3.05, 3.63) is 28.8 Å². The molecule has 1 aliphatic rings. The van der Waals surface area contributed by atoms with Gasteiger partial charge in [0.15, 0.2) is 0 Å². The minimum absolute atomic E-state index is 0.00455. The van der Waals surface area contributed by atoms with Gasteiger partial charge in [-0.2, -0.15) is 18.4 Å². The number of hydrogen-bond donors (Lipinski definition) is 1. The number of rotatable bonds is 2. The van der Waals surface area contributed by atoms with Gasteiger partial charge in [0, 0.05) is 0 Å². The molecule has 19 heavy (non-hydrogen) atoms. The molecular weight excluding hydrogens is 281 g/mol. The minimum atomic E-state index is -4.52. The summed E-state index contributed by atoms with van der Waals surface area (Å²) in [6, 6.07) is 4.51. The molecule has 0 spiro atoms. The zero-order chi connectivity index (χ0) is 14.3. The Morgan fingerprint density at radius 2 is 2.05 bits per heavy atom. The molecule has 1 aliphatic carbocycles. The fraction of sp³-hybridized carbons (Fsp3) is 0.333. The van der Waals surface area contributed by atoms with Crippen LogP contribution in [0.25, 0.3) is 0 Å². The van der Waals surface area contributed by atoms with Crippen LogP contribution in [0, 0.1) is 16.7 Å². The van der Waals surface area contributed by atoms with Crippen molar-refractivity contribution < 1.29 is 18.0 Å². The Kier molecular flexibility index (Phi) is 3.19. The van der Waals surface area contributed by atoms with Crippen molar-refractivity contribution in [2.45, 2.75) is 19.0 Å². The lowest BCUT2D eigenvalue weighted by molar-refractivity contribution is -0.137. The van der Waals surface area contributed by atoms with Gasteiger partial charge < -0.3 is 5.32 Å². The first-order valence-electron chi connectivity index (χ1n) is 5.38. The lowest BCUT2D eigenvalue weighted by Gasteiger charge is -2.13. The Morgan fingerprint density at radius 1 is 1.42 bits per heavy atom. The normalized spacial score (nSPS) is 16.6. The van der Waals surface area contributed by atoms with E-state index in [4.69, 9.17) is 16.9 Å². The summed E-state index contributed by atoms with van der Waals surface area (Å²) in [4.78, 5) is 11.8. The van der Waals surface area contributed by atoms with Gasteiger partial charge in [0.25, 0.3) is 0 Å². The van der Waals surface area contributed by atoms with Crippen LogP contribution in [0.15, 0.2) is 18.2 Å². The van der Waals surface area contributed by atoms with E-state index in [0.717, 1.165) is 18.2 Å². The van der Waals surface area contributed by atoms with E-state index in [2.05, 4.69) is 5.32 Å². The van der Waals surface area contributed by atoms with Crippen molar-refractivity contribution in [2.24, 2.45) is 5.41 Å². The molecule has 3 nitrogen and oxygen atoms in total. The molecule has 0 atom stereocenters. The van der Waals surface area contributed by atoms with E-state index in [9.17, 15) is 18.0 Å². The SMILES string of the molecule is N#CC1(C(=O)Nc2cc(C(F)(F)F)ccc2Cl)CC1. The Morgan fingerprint density at radius 3 is 2.53 bits per heavy atom. The van der Waals surface area contributed by atoms with E-state index in [1.807, 2.05) is 6.07 Å². The monoisotopic (exact) mass is 288 g/mol. The highest BCUT2D eigenvalue weighted by Crippen LogP contribution is 2.46. The second-order valence-electron chi connectivity index (χ2n) is 4.34. The fourth-order valence-corrected chi connectivity index (χ4v) is 1.72. The number of amides is 1. The van der Waals surface area contributed by atoms with Gasteiger partial charge in [-0.15, -0.1) is 0 Å². The Hall–Kier alpha value is -1.74. The van der Waals surface area contributed by atoms with Crippen molar-refractivity contribution in [3.63, 3.8) is 0 Å². The summed E-state index contributed by atoms with van der Waals surface area (Å²) in [7, 11) is 0. The van der Waals surface area contributed by atoms with Gasteiger partial charge in [-0.05, 0) is 31.0 Å². The Balaban J connectivity index is 2.26. The van der Waals surface area contributed by atoms with Gasteiger partial charge in [0.2, 0.25) is 5.91 Å². The van der Waals surface area contributed by atoms with Gasteiger partial charge in [-0.25, -0.2) is 0 Å². The first-order chi connectivity index (χ1) is 8.78. The molecule has 0 unspecified atom stereocenters. The second kappa shape index (κ2) is 4.42. The molecule has 0 bridgehead atoms. The quantitative estimate of drug-likeness (QED) is 0.904. The van der Waals surface area contributed by atoms with Crippen molar-refractivity contribution in [1.29, 1.82) is 5.26 Å². The second-order valence-corrected chi connectivity index (χ2v) is 4.75. The smallest absolute Gasteiger partial charge is 0.323 e. The number of nitrogens with one attached hydrogen (secondary N) is 1.